The quantitative estimate of drug-likeness (QED) is 0.331. The van der Waals surface area contributed by atoms with Gasteiger partial charge in [-0.2, -0.15) is 36.3 Å². The number of ether oxygens (including phenoxy) is 1. The molecule has 1 unspecified atom stereocenters. The first kappa shape index (κ1) is 26.0. The molecule has 0 amide bonds. The minimum Gasteiger partial charge on any atom is -0.469 e. The van der Waals surface area contributed by atoms with Crippen LogP contribution in [0.4, 0.5) is 32.3 Å². The molecule has 3 heterocycles. The summed E-state index contributed by atoms with van der Waals surface area (Å²) in [6.07, 6.45) is -9.96. The maximum atomic E-state index is 13.4. The van der Waals surface area contributed by atoms with E-state index in [9.17, 15) is 31.1 Å². The zero-order valence-corrected chi connectivity index (χ0v) is 19.7. The van der Waals surface area contributed by atoms with Crippen LogP contribution in [0.2, 0.25) is 5.02 Å². The fraction of sp³-hybridized carbons (Fsp3) is 0.455. The number of nitrogens with zero attached hydrogens (tertiary/aromatic N) is 4. The largest absolute Gasteiger partial charge is 0.469 e. The Morgan fingerprint density at radius 3 is 2.39 bits per heavy atom. The lowest BCUT2D eigenvalue weighted by Crippen LogP contribution is -2.39. The van der Waals surface area contributed by atoms with Crippen LogP contribution >= 0.6 is 11.6 Å². The first-order valence-electron chi connectivity index (χ1n) is 10.8. The van der Waals surface area contributed by atoms with Crippen molar-refractivity contribution in [1.82, 2.24) is 19.9 Å². The average Bonchev–Trinajstić information content (AvgIpc) is 3.16. The average molecular weight is 536 g/mol. The van der Waals surface area contributed by atoms with E-state index in [0.29, 0.717) is 16.2 Å². The molecule has 194 valence electrons. The third-order valence-corrected chi connectivity index (χ3v) is 6.20. The van der Waals surface area contributed by atoms with Gasteiger partial charge >= 0.3 is 18.3 Å². The molecule has 14 heteroatoms. The Labute approximate surface area is 205 Å². The maximum Gasteiger partial charge on any atom is 0.451 e. The highest BCUT2D eigenvalue weighted by atomic mass is 35.5. The second-order valence-corrected chi connectivity index (χ2v) is 9.00. The van der Waals surface area contributed by atoms with Gasteiger partial charge in [0.1, 0.15) is 0 Å². The van der Waals surface area contributed by atoms with Gasteiger partial charge in [0.25, 0.3) is 0 Å². The second-order valence-electron chi connectivity index (χ2n) is 8.57. The molecule has 0 spiro atoms. The summed E-state index contributed by atoms with van der Waals surface area (Å²) in [4.78, 5) is 25.7. The second kappa shape index (κ2) is 9.41. The number of halogens is 7. The van der Waals surface area contributed by atoms with Gasteiger partial charge < -0.3 is 14.6 Å². The number of carbonyl (C=O) groups is 1. The maximum absolute atomic E-state index is 13.4. The molecule has 0 aliphatic carbocycles. The van der Waals surface area contributed by atoms with Crippen molar-refractivity contribution in [2.24, 2.45) is 5.92 Å². The Hall–Kier alpha value is -3.09. The standard InChI is InChI=1S/C22H20ClF6N5O2/c1-10(8-16(35)36-2)7-15-17-12(13-9-11(23)3-4-14(13)30-17)5-6-34(15)20-32-18(21(24,25)26)31-19(33-20)22(27,28)29/h3-4,9-10,15,30H,5-8H2,1-2H3/t10?,15-/m0/s1. The number of carbonyl (C=O) groups excluding carboxylic acids is 1. The highest BCUT2D eigenvalue weighted by Gasteiger charge is 2.43. The minimum atomic E-state index is -5.22. The highest BCUT2D eigenvalue weighted by Crippen LogP contribution is 2.41. The molecule has 0 saturated carbocycles. The van der Waals surface area contributed by atoms with E-state index in [1.807, 2.05) is 0 Å². The van der Waals surface area contributed by atoms with Crippen LogP contribution in [0.15, 0.2) is 18.2 Å². The Kier molecular flexibility index (Phi) is 6.80. The summed E-state index contributed by atoms with van der Waals surface area (Å²) in [5.41, 5.74) is 2.12. The number of aromatic nitrogens is 4. The van der Waals surface area contributed by atoms with Crippen molar-refractivity contribution >= 4 is 34.4 Å². The molecule has 0 saturated heterocycles. The van der Waals surface area contributed by atoms with Crippen molar-refractivity contribution in [3.63, 3.8) is 0 Å². The van der Waals surface area contributed by atoms with E-state index in [2.05, 4.69) is 19.9 Å². The van der Waals surface area contributed by atoms with Gasteiger partial charge in [-0.3, -0.25) is 4.79 Å². The van der Waals surface area contributed by atoms with Crippen LogP contribution in [0.5, 0.6) is 0 Å². The number of benzene rings is 1. The molecule has 3 aromatic rings. The normalized spacial score (nSPS) is 17.2. The molecule has 1 aliphatic heterocycles. The van der Waals surface area contributed by atoms with Gasteiger partial charge in [-0.1, -0.05) is 18.5 Å². The van der Waals surface area contributed by atoms with Gasteiger partial charge in [-0.25, -0.2) is 4.98 Å². The van der Waals surface area contributed by atoms with Crippen LogP contribution < -0.4 is 4.90 Å². The fourth-order valence-corrected chi connectivity index (χ4v) is 4.57. The number of fused-ring (bicyclic) bond motifs is 3. The molecule has 0 bridgehead atoms. The third-order valence-electron chi connectivity index (χ3n) is 5.97. The van der Waals surface area contributed by atoms with Gasteiger partial charge in [0.2, 0.25) is 17.6 Å². The third kappa shape index (κ3) is 5.20. The Balaban J connectivity index is 1.84. The van der Waals surface area contributed by atoms with E-state index >= 15 is 0 Å². The summed E-state index contributed by atoms with van der Waals surface area (Å²) in [5, 5.41) is 1.27. The van der Waals surface area contributed by atoms with Crippen molar-refractivity contribution in [2.75, 3.05) is 18.6 Å². The number of nitrogens with one attached hydrogen (secondary N) is 1. The van der Waals surface area contributed by atoms with Crippen molar-refractivity contribution in [3.05, 3.63) is 46.1 Å². The molecule has 0 radical (unpaired) electrons. The number of aromatic amines is 1. The molecule has 0 fully saturated rings. The van der Waals surface area contributed by atoms with Gasteiger partial charge in [0, 0.05) is 34.6 Å². The van der Waals surface area contributed by atoms with E-state index in [1.54, 1.807) is 25.1 Å². The number of H-pyrrole nitrogens is 1. The van der Waals surface area contributed by atoms with Gasteiger partial charge in [-0.15, -0.1) is 0 Å². The van der Waals surface area contributed by atoms with E-state index < -0.39 is 42.0 Å². The Morgan fingerprint density at radius 2 is 1.81 bits per heavy atom. The summed E-state index contributed by atoms with van der Waals surface area (Å²) < 4.78 is 85.1. The smallest absolute Gasteiger partial charge is 0.451 e. The molecule has 2 atom stereocenters. The lowest BCUT2D eigenvalue weighted by atomic mass is 9.90. The molecule has 1 aromatic carbocycles. The van der Waals surface area contributed by atoms with Crippen molar-refractivity contribution < 1.29 is 35.9 Å². The SMILES string of the molecule is COC(=O)CC(C)C[C@H]1c2[nH]c3ccc(Cl)cc3c2CCN1c1nc(C(F)(F)F)nc(C(F)(F)F)n1. The Bertz CT molecular complexity index is 1260. The fourth-order valence-electron chi connectivity index (χ4n) is 4.40. The van der Waals surface area contributed by atoms with Crippen LogP contribution in [0.25, 0.3) is 10.9 Å². The van der Waals surface area contributed by atoms with E-state index in [-0.39, 0.29) is 31.7 Å². The monoisotopic (exact) mass is 535 g/mol. The van der Waals surface area contributed by atoms with Gasteiger partial charge in [0.15, 0.2) is 0 Å². The summed E-state index contributed by atoms with van der Waals surface area (Å²) in [5.74, 6) is -5.45. The van der Waals surface area contributed by atoms with Crippen LogP contribution in [-0.2, 0) is 28.3 Å². The van der Waals surface area contributed by atoms with Crippen LogP contribution in [0.1, 0.15) is 48.7 Å². The summed E-state index contributed by atoms with van der Waals surface area (Å²) >= 11 is 6.14. The lowest BCUT2D eigenvalue weighted by Gasteiger charge is -2.37. The van der Waals surface area contributed by atoms with E-state index in [4.69, 9.17) is 16.3 Å². The predicted molar refractivity (Wildman–Crippen MR) is 117 cm³/mol. The molecule has 2 aromatic heterocycles. The Morgan fingerprint density at radius 1 is 1.17 bits per heavy atom. The first-order chi connectivity index (χ1) is 16.8. The predicted octanol–water partition coefficient (Wildman–Crippen LogP) is 5.74. The zero-order valence-electron chi connectivity index (χ0n) is 19.0. The number of alkyl halides is 6. The molecule has 1 aliphatic rings. The number of methoxy groups -OCH3 is 1. The van der Waals surface area contributed by atoms with Crippen LogP contribution in [-0.4, -0.2) is 39.6 Å². The van der Waals surface area contributed by atoms with Gasteiger partial charge in [-0.05, 0) is 42.5 Å². The minimum absolute atomic E-state index is 0.00103. The number of esters is 1. The molecular formula is C22H20ClF6N5O2. The topological polar surface area (TPSA) is 84.0 Å². The number of rotatable bonds is 5. The lowest BCUT2D eigenvalue weighted by molar-refractivity contribution is -0.155. The zero-order chi connectivity index (χ0) is 26.4. The first-order valence-corrected chi connectivity index (χ1v) is 11.2. The number of hydrogen-bond acceptors (Lipinski definition) is 6. The van der Waals surface area contributed by atoms with Crippen LogP contribution in [0, 0.1) is 5.92 Å². The summed E-state index contributed by atoms with van der Waals surface area (Å²) in [6, 6.07) is 4.38. The van der Waals surface area contributed by atoms with Crippen LogP contribution in [0.3, 0.4) is 0 Å². The van der Waals surface area contributed by atoms with Crippen molar-refractivity contribution in [2.45, 2.75) is 44.6 Å². The summed E-state index contributed by atoms with van der Waals surface area (Å²) in [7, 11) is 1.23. The van der Waals surface area contributed by atoms with E-state index in [1.165, 1.54) is 12.0 Å². The highest BCUT2D eigenvalue weighted by molar-refractivity contribution is 6.31. The molecule has 36 heavy (non-hydrogen) atoms. The summed E-state index contributed by atoms with van der Waals surface area (Å²) in [6.45, 7) is 1.76. The molecule has 7 nitrogen and oxygen atoms in total. The molecule has 4 rings (SSSR count). The number of hydrogen-bond donors (Lipinski definition) is 1. The van der Waals surface area contributed by atoms with Gasteiger partial charge in [0.05, 0.1) is 13.2 Å². The molecule has 1 N–H and O–H groups in total. The number of anilines is 1. The van der Waals surface area contributed by atoms with Crippen molar-refractivity contribution in [1.29, 1.82) is 0 Å². The van der Waals surface area contributed by atoms with Crippen molar-refractivity contribution in [3.8, 4) is 0 Å². The molecular weight excluding hydrogens is 516 g/mol. The van der Waals surface area contributed by atoms with E-state index in [0.717, 1.165) is 10.9 Å².